The van der Waals surface area contributed by atoms with E-state index in [0.717, 1.165) is 24.6 Å². The summed E-state index contributed by atoms with van der Waals surface area (Å²) in [6.07, 6.45) is -6.25. The molecule has 2 aromatic heterocycles. The molecule has 0 saturated heterocycles. The van der Waals surface area contributed by atoms with Crippen LogP contribution >= 0.6 is 0 Å². The average molecular weight is 592 g/mol. The van der Waals surface area contributed by atoms with Gasteiger partial charge in [-0.15, -0.1) is 5.10 Å². The van der Waals surface area contributed by atoms with Gasteiger partial charge in [0.25, 0.3) is 0 Å². The molecule has 0 aliphatic rings. The van der Waals surface area contributed by atoms with Crippen molar-refractivity contribution in [3.63, 3.8) is 0 Å². The smallest absolute Gasteiger partial charge is 0.301 e. The number of hydrogen-bond acceptors (Lipinski definition) is 5. The molecule has 0 N–H and O–H groups in total. The molecule has 3 aromatic carbocycles. The van der Waals surface area contributed by atoms with Gasteiger partial charge in [-0.2, -0.15) is 26.3 Å². The van der Waals surface area contributed by atoms with E-state index >= 15 is 0 Å². The maximum Gasteiger partial charge on any atom is 0.434 e. The molecule has 0 spiro atoms. The van der Waals surface area contributed by atoms with Gasteiger partial charge in [-0.1, -0.05) is 35.5 Å². The van der Waals surface area contributed by atoms with Gasteiger partial charge in [-0.3, -0.25) is 0 Å². The zero-order valence-corrected chi connectivity index (χ0v) is 22.1. The monoisotopic (exact) mass is 591 g/mol. The van der Waals surface area contributed by atoms with Crippen LogP contribution in [-0.2, 0) is 22.2 Å². The molecule has 0 atom stereocenters. The van der Waals surface area contributed by atoms with Crippen molar-refractivity contribution >= 4 is 9.84 Å². The number of aromatic nitrogens is 5. The number of imidazole rings is 1. The van der Waals surface area contributed by atoms with Gasteiger partial charge in [0.15, 0.2) is 15.5 Å². The van der Waals surface area contributed by atoms with Crippen LogP contribution in [-0.4, -0.2) is 39.2 Å². The second kappa shape index (κ2) is 9.87. The predicted octanol–water partition coefficient (Wildman–Crippen LogP) is 6.54. The first kappa shape index (κ1) is 28.1. The number of nitrogens with zero attached hydrogens (tertiary/aromatic N) is 5. The van der Waals surface area contributed by atoms with Gasteiger partial charge >= 0.3 is 12.4 Å². The SMILES string of the molecule is Cc1nc(C(F)(F)F)cn1-c1ccc(-c2cccc(S(C)(=O)=O)c2)cc1-n1nncc1-c1cccc(C(F)(F)F)c1. The maximum atomic E-state index is 13.5. The van der Waals surface area contributed by atoms with Crippen LogP contribution in [0.2, 0.25) is 0 Å². The summed E-state index contributed by atoms with van der Waals surface area (Å²) < 4.78 is 107. The summed E-state index contributed by atoms with van der Waals surface area (Å²) in [5, 5.41) is 7.92. The fourth-order valence-corrected chi connectivity index (χ4v) is 4.97. The Kier molecular flexibility index (Phi) is 6.76. The largest absolute Gasteiger partial charge is 0.434 e. The number of aryl methyl sites for hydroxylation is 1. The number of rotatable bonds is 5. The highest BCUT2D eigenvalue weighted by molar-refractivity contribution is 7.90. The van der Waals surface area contributed by atoms with Crippen molar-refractivity contribution in [2.24, 2.45) is 0 Å². The zero-order chi connectivity index (χ0) is 29.7. The van der Waals surface area contributed by atoms with Crippen molar-refractivity contribution in [1.29, 1.82) is 0 Å². The lowest BCUT2D eigenvalue weighted by atomic mass is 10.0. The zero-order valence-electron chi connectivity index (χ0n) is 21.2. The first-order valence-electron chi connectivity index (χ1n) is 11.8. The summed E-state index contributed by atoms with van der Waals surface area (Å²) in [4.78, 5) is 3.67. The van der Waals surface area contributed by atoms with Crippen LogP contribution < -0.4 is 0 Å². The fourth-order valence-electron chi connectivity index (χ4n) is 4.30. The standard InChI is InChI=1S/C27H19F6N5O2S/c1-16-35-25(27(31,32)33)15-37(16)22-10-9-18(17-5-4-8-21(12-17)41(2,39)40)13-23(22)38-24(14-34-36-38)19-6-3-7-20(11-19)26(28,29)30/h3-15H,1-2H3. The van der Waals surface area contributed by atoms with Crippen molar-refractivity contribution in [2.75, 3.05) is 6.26 Å². The number of benzene rings is 3. The third kappa shape index (κ3) is 5.59. The Hall–Kier alpha value is -4.46. The first-order chi connectivity index (χ1) is 19.1. The summed E-state index contributed by atoms with van der Waals surface area (Å²) in [5.41, 5.74) is -0.532. The molecular formula is C27H19F6N5O2S. The van der Waals surface area contributed by atoms with Crippen molar-refractivity contribution in [3.8, 4) is 33.8 Å². The molecule has 5 rings (SSSR count). The molecule has 0 saturated carbocycles. The van der Waals surface area contributed by atoms with Gasteiger partial charge in [0.1, 0.15) is 5.82 Å². The van der Waals surface area contributed by atoms with Crippen LogP contribution in [0.1, 0.15) is 17.1 Å². The van der Waals surface area contributed by atoms with Crippen LogP contribution in [0.25, 0.3) is 33.8 Å². The topological polar surface area (TPSA) is 82.7 Å². The minimum Gasteiger partial charge on any atom is -0.301 e. The summed E-state index contributed by atoms with van der Waals surface area (Å²) in [7, 11) is -3.55. The van der Waals surface area contributed by atoms with Gasteiger partial charge in [0.05, 0.1) is 33.7 Å². The third-order valence-electron chi connectivity index (χ3n) is 6.27. The van der Waals surface area contributed by atoms with Gasteiger partial charge in [-0.25, -0.2) is 18.1 Å². The van der Waals surface area contributed by atoms with E-state index < -0.39 is 33.4 Å². The number of sulfone groups is 1. The Balaban J connectivity index is 1.75. The summed E-state index contributed by atoms with van der Waals surface area (Å²) in [6.45, 7) is 1.37. The Bertz CT molecular complexity index is 1870. The molecule has 0 fully saturated rings. The van der Waals surface area contributed by atoms with E-state index in [2.05, 4.69) is 15.3 Å². The highest BCUT2D eigenvalue weighted by atomic mass is 32.2. The van der Waals surface area contributed by atoms with E-state index in [-0.39, 0.29) is 33.4 Å². The van der Waals surface area contributed by atoms with Crippen LogP contribution in [0.15, 0.2) is 84.0 Å². The molecule has 0 aliphatic heterocycles. The first-order valence-corrected chi connectivity index (χ1v) is 13.7. The molecular weight excluding hydrogens is 572 g/mol. The molecule has 0 aliphatic carbocycles. The lowest BCUT2D eigenvalue weighted by molar-refractivity contribution is -0.141. The molecule has 7 nitrogen and oxygen atoms in total. The minimum absolute atomic E-state index is 0.00821. The predicted molar refractivity (Wildman–Crippen MR) is 137 cm³/mol. The van der Waals surface area contributed by atoms with Crippen LogP contribution in [0.4, 0.5) is 26.3 Å². The van der Waals surface area contributed by atoms with E-state index in [9.17, 15) is 34.8 Å². The maximum absolute atomic E-state index is 13.5. The van der Waals surface area contributed by atoms with Gasteiger partial charge in [0.2, 0.25) is 0 Å². The highest BCUT2D eigenvalue weighted by Gasteiger charge is 2.35. The Morgan fingerprint density at radius 3 is 2.12 bits per heavy atom. The van der Waals surface area contributed by atoms with Crippen molar-refractivity contribution in [1.82, 2.24) is 24.5 Å². The number of halogens is 6. The molecule has 5 aromatic rings. The quantitative estimate of drug-likeness (QED) is 0.217. The second-order valence-electron chi connectivity index (χ2n) is 9.15. The Morgan fingerprint density at radius 2 is 1.46 bits per heavy atom. The van der Waals surface area contributed by atoms with Gasteiger partial charge in [-0.05, 0) is 54.4 Å². The summed E-state index contributed by atoms with van der Waals surface area (Å²) in [6, 6.07) is 15.1. The van der Waals surface area contributed by atoms with Crippen LogP contribution in [0.5, 0.6) is 0 Å². The molecule has 41 heavy (non-hydrogen) atoms. The van der Waals surface area contributed by atoms with Crippen molar-refractivity contribution < 1.29 is 34.8 Å². The second-order valence-corrected chi connectivity index (χ2v) is 11.2. The molecule has 0 radical (unpaired) electrons. The molecule has 0 bridgehead atoms. The lowest BCUT2D eigenvalue weighted by Crippen LogP contribution is -2.08. The van der Waals surface area contributed by atoms with Crippen LogP contribution in [0.3, 0.4) is 0 Å². The van der Waals surface area contributed by atoms with Gasteiger partial charge < -0.3 is 4.57 Å². The normalized spacial score (nSPS) is 12.6. The number of alkyl halides is 6. The van der Waals surface area contributed by atoms with Crippen molar-refractivity contribution in [2.45, 2.75) is 24.2 Å². The van der Waals surface area contributed by atoms with E-state index in [1.165, 1.54) is 58.8 Å². The fraction of sp³-hybridized carbons (Fsp3) is 0.148. The average Bonchev–Trinajstić information content (AvgIpc) is 3.55. The van der Waals surface area contributed by atoms with E-state index in [1.807, 2.05) is 0 Å². The van der Waals surface area contributed by atoms with E-state index in [1.54, 1.807) is 18.2 Å². The molecule has 14 heteroatoms. The third-order valence-corrected chi connectivity index (χ3v) is 7.38. The van der Waals surface area contributed by atoms with E-state index in [4.69, 9.17) is 0 Å². The summed E-state index contributed by atoms with van der Waals surface area (Å²) >= 11 is 0. The van der Waals surface area contributed by atoms with E-state index in [0.29, 0.717) is 11.1 Å². The lowest BCUT2D eigenvalue weighted by Gasteiger charge is -2.16. The van der Waals surface area contributed by atoms with Crippen LogP contribution in [0, 0.1) is 6.92 Å². The number of hydrogen-bond donors (Lipinski definition) is 0. The minimum atomic E-state index is -4.72. The Morgan fingerprint density at radius 1 is 0.780 bits per heavy atom. The molecule has 0 unspecified atom stereocenters. The Labute approximate surface area is 229 Å². The highest BCUT2D eigenvalue weighted by Crippen LogP contribution is 2.36. The summed E-state index contributed by atoms with van der Waals surface area (Å²) in [5.74, 6) is -0.00821. The molecule has 0 amide bonds. The van der Waals surface area contributed by atoms with Gasteiger partial charge in [0, 0.05) is 18.0 Å². The molecule has 2 heterocycles. The molecule has 212 valence electrons. The van der Waals surface area contributed by atoms with Crippen molar-refractivity contribution in [3.05, 3.63) is 96.2 Å².